The highest BCUT2D eigenvalue weighted by atomic mass is 35.5. The van der Waals surface area contributed by atoms with Crippen LogP contribution in [-0.2, 0) is 4.79 Å². The lowest BCUT2D eigenvalue weighted by atomic mass is 10.0. The van der Waals surface area contributed by atoms with E-state index >= 15 is 0 Å². The van der Waals surface area contributed by atoms with Crippen molar-refractivity contribution < 1.29 is 9.90 Å². The maximum Gasteiger partial charge on any atom is 0.327 e. The van der Waals surface area contributed by atoms with Crippen molar-refractivity contribution >= 4 is 34.3 Å². The first-order chi connectivity index (χ1) is 13.4. The summed E-state index contributed by atoms with van der Waals surface area (Å²) in [4.78, 5) is 24.5. The van der Waals surface area contributed by atoms with E-state index in [4.69, 9.17) is 11.6 Å². The van der Waals surface area contributed by atoms with Gasteiger partial charge in [-0.15, -0.1) is 10.2 Å². The Morgan fingerprint density at radius 3 is 2.50 bits per heavy atom. The van der Waals surface area contributed by atoms with Crippen LogP contribution in [0.25, 0.3) is 27.8 Å². The quantitative estimate of drug-likeness (QED) is 0.567. The van der Waals surface area contributed by atoms with Crippen molar-refractivity contribution in [2.75, 3.05) is 0 Å². The Kier molecular flexibility index (Phi) is 4.35. The second-order valence-electron chi connectivity index (χ2n) is 6.79. The lowest BCUT2D eigenvalue weighted by molar-refractivity contribution is -0.142. The van der Waals surface area contributed by atoms with Crippen LogP contribution < -0.4 is 5.56 Å². The highest BCUT2D eigenvalue weighted by Crippen LogP contribution is 2.26. The van der Waals surface area contributed by atoms with Gasteiger partial charge in [-0.05, 0) is 29.7 Å². The minimum Gasteiger partial charge on any atom is -0.480 e. The van der Waals surface area contributed by atoms with E-state index in [0.29, 0.717) is 16.2 Å². The van der Waals surface area contributed by atoms with Gasteiger partial charge >= 0.3 is 5.97 Å². The summed E-state index contributed by atoms with van der Waals surface area (Å²) in [5, 5.41) is 22.7. The standard InChI is InChI=1S/C19H16ClN5O3/c1-10(2)16(19(27)28)24-8-7-14-15(18(24)26)22-23-17-13(9-21-25(14)17)11-3-5-12(20)6-4-11/h3-10,16H,1-2H3,(H,27,28)/t16-/m1/s1. The maximum absolute atomic E-state index is 12.9. The number of carboxylic acids is 1. The number of fused-ring (bicyclic) bond motifs is 3. The molecule has 4 rings (SSSR count). The molecule has 0 aliphatic carbocycles. The van der Waals surface area contributed by atoms with Gasteiger partial charge in [-0.25, -0.2) is 9.31 Å². The van der Waals surface area contributed by atoms with Crippen molar-refractivity contribution in [3.8, 4) is 11.1 Å². The molecule has 0 spiro atoms. The zero-order chi connectivity index (χ0) is 20.0. The lowest BCUT2D eigenvalue weighted by Crippen LogP contribution is -2.33. The lowest BCUT2D eigenvalue weighted by Gasteiger charge is -2.19. The van der Waals surface area contributed by atoms with Gasteiger partial charge in [0.2, 0.25) is 0 Å². The number of aromatic nitrogens is 5. The molecule has 0 saturated carbocycles. The van der Waals surface area contributed by atoms with Crippen LogP contribution in [-0.4, -0.2) is 35.5 Å². The number of carbonyl (C=O) groups is 1. The summed E-state index contributed by atoms with van der Waals surface area (Å²) in [5.41, 5.74) is 2.11. The molecule has 0 amide bonds. The van der Waals surface area contributed by atoms with Crippen LogP contribution in [0.1, 0.15) is 19.9 Å². The third kappa shape index (κ3) is 2.82. The summed E-state index contributed by atoms with van der Waals surface area (Å²) in [6.07, 6.45) is 3.11. The first kappa shape index (κ1) is 18.1. The first-order valence-corrected chi connectivity index (χ1v) is 9.00. The second kappa shape index (κ2) is 6.72. The number of aliphatic carboxylic acids is 1. The summed E-state index contributed by atoms with van der Waals surface area (Å²) < 4.78 is 2.71. The monoisotopic (exact) mass is 397 g/mol. The molecule has 4 aromatic rings. The van der Waals surface area contributed by atoms with Crippen LogP contribution in [0.5, 0.6) is 0 Å². The molecule has 1 aromatic carbocycles. The summed E-state index contributed by atoms with van der Waals surface area (Å²) >= 11 is 5.94. The SMILES string of the molecule is CC(C)[C@H](C(=O)O)n1ccc2c(nnc3c(-c4ccc(Cl)cc4)cnn32)c1=O. The fourth-order valence-electron chi connectivity index (χ4n) is 3.28. The average molecular weight is 398 g/mol. The molecule has 28 heavy (non-hydrogen) atoms. The van der Waals surface area contributed by atoms with Crippen molar-refractivity contribution in [1.82, 2.24) is 24.4 Å². The van der Waals surface area contributed by atoms with Gasteiger partial charge < -0.3 is 5.11 Å². The number of hydrogen-bond acceptors (Lipinski definition) is 5. The minimum absolute atomic E-state index is 0.0626. The summed E-state index contributed by atoms with van der Waals surface area (Å²) in [6.45, 7) is 3.49. The normalized spacial score (nSPS) is 12.7. The molecule has 142 valence electrons. The van der Waals surface area contributed by atoms with Crippen LogP contribution in [0.4, 0.5) is 0 Å². The fraction of sp³-hybridized carbons (Fsp3) is 0.211. The van der Waals surface area contributed by atoms with Crippen LogP contribution >= 0.6 is 11.6 Å². The molecular weight excluding hydrogens is 382 g/mol. The van der Waals surface area contributed by atoms with Crippen molar-refractivity contribution in [1.29, 1.82) is 0 Å². The van der Waals surface area contributed by atoms with Gasteiger partial charge in [-0.1, -0.05) is 37.6 Å². The highest BCUT2D eigenvalue weighted by molar-refractivity contribution is 6.30. The zero-order valence-corrected chi connectivity index (χ0v) is 15.8. The maximum atomic E-state index is 12.9. The van der Waals surface area contributed by atoms with E-state index in [9.17, 15) is 14.7 Å². The zero-order valence-electron chi connectivity index (χ0n) is 15.1. The Morgan fingerprint density at radius 2 is 1.86 bits per heavy atom. The Hall–Kier alpha value is -3.26. The molecule has 3 heterocycles. The number of benzene rings is 1. The van der Waals surface area contributed by atoms with Gasteiger partial charge in [0.1, 0.15) is 11.6 Å². The van der Waals surface area contributed by atoms with Gasteiger partial charge in [0.05, 0.1) is 6.20 Å². The predicted octanol–water partition coefficient (Wildman–Crippen LogP) is 3.04. The Bertz CT molecular complexity index is 1260. The largest absolute Gasteiger partial charge is 0.480 e. The predicted molar refractivity (Wildman–Crippen MR) is 105 cm³/mol. The molecule has 0 aliphatic heterocycles. The summed E-state index contributed by atoms with van der Waals surface area (Å²) in [6, 6.07) is 7.88. The molecule has 0 bridgehead atoms. The molecule has 9 heteroatoms. The van der Waals surface area contributed by atoms with Crippen molar-refractivity contribution in [2.45, 2.75) is 19.9 Å². The minimum atomic E-state index is -1.07. The molecule has 0 radical (unpaired) electrons. The molecule has 0 aliphatic rings. The Morgan fingerprint density at radius 1 is 1.14 bits per heavy atom. The van der Waals surface area contributed by atoms with Crippen LogP contribution in [0.3, 0.4) is 0 Å². The molecule has 1 N–H and O–H groups in total. The van der Waals surface area contributed by atoms with E-state index in [1.165, 1.54) is 15.3 Å². The number of hydrogen-bond donors (Lipinski definition) is 1. The van der Waals surface area contributed by atoms with E-state index in [1.54, 1.807) is 38.2 Å². The molecule has 3 aromatic heterocycles. The average Bonchev–Trinajstić information content (AvgIpc) is 3.08. The van der Waals surface area contributed by atoms with E-state index in [0.717, 1.165) is 11.1 Å². The number of nitrogens with zero attached hydrogens (tertiary/aromatic N) is 5. The number of pyridine rings is 1. The Balaban J connectivity index is 1.93. The molecule has 0 saturated heterocycles. The number of carboxylic acid groups (broad SMARTS) is 1. The Labute approximate surface area is 164 Å². The van der Waals surface area contributed by atoms with Gasteiger partial charge in [-0.2, -0.15) is 5.10 Å². The van der Waals surface area contributed by atoms with Crippen molar-refractivity contribution in [3.63, 3.8) is 0 Å². The van der Waals surface area contributed by atoms with Crippen LogP contribution in [0, 0.1) is 5.92 Å². The van der Waals surface area contributed by atoms with Gasteiger partial charge in [-0.3, -0.25) is 9.36 Å². The fourth-order valence-corrected chi connectivity index (χ4v) is 3.41. The van der Waals surface area contributed by atoms with Crippen LogP contribution in [0.15, 0.2) is 47.5 Å². The van der Waals surface area contributed by atoms with Gasteiger partial charge in [0.25, 0.3) is 5.56 Å². The van der Waals surface area contributed by atoms with E-state index in [-0.39, 0.29) is 11.4 Å². The highest BCUT2D eigenvalue weighted by Gasteiger charge is 2.26. The van der Waals surface area contributed by atoms with Gasteiger partial charge in [0.15, 0.2) is 11.2 Å². The van der Waals surface area contributed by atoms with E-state index < -0.39 is 17.6 Å². The van der Waals surface area contributed by atoms with Crippen molar-refractivity contribution in [2.24, 2.45) is 5.92 Å². The molecule has 1 atom stereocenters. The topological polar surface area (TPSA) is 102 Å². The molecular formula is C19H16ClN5O3. The smallest absolute Gasteiger partial charge is 0.327 e. The third-order valence-corrected chi connectivity index (χ3v) is 4.88. The molecule has 8 nitrogen and oxygen atoms in total. The second-order valence-corrected chi connectivity index (χ2v) is 7.23. The molecule has 0 unspecified atom stereocenters. The van der Waals surface area contributed by atoms with Gasteiger partial charge in [0, 0.05) is 16.8 Å². The van der Waals surface area contributed by atoms with Crippen LogP contribution in [0.2, 0.25) is 5.02 Å². The number of rotatable bonds is 4. The van der Waals surface area contributed by atoms with Crippen molar-refractivity contribution in [3.05, 3.63) is 58.1 Å². The first-order valence-electron chi connectivity index (χ1n) is 8.62. The van der Waals surface area contributed by atoms with E-state index in [1.807, 2.05) is 12.1 Å². The third-order valence-electron chi connectivity index (χ3n) is 4.63. The number of halogens is 1. The summed E-state index contributed by atoms with van der Waals surface area (Å²) in [5.74, 6) is -1.35. The summed E-state index contributed by atoms with van der Waals surface area (Å²) in [7, 11) is 0. The van der Waals surface area contributed by atoms with E-state index in [2.05, 4.69) is 15.3 Å². The molecule has 0 fully saturated rings.